The van der Waals surface area contributed by atoms with Crippen LogP contribution in [-0.2, 0) is 11.3 Å². The van der Waals surface area contributed by atoms with E-state index in [0.717, 1.165) is 64.3 Å². The third kappa shape index (κ3) is 6.47. The molecule has 0 bridgehead atoms. The number of halogens is 1. The number of oxazole rings is 1. The molecule has 1 N–H and O–H groups in total. The molecule has 0 unspecified atom stereocenters. The highest BCUT2D eigenvalue weighted by molar-refractivity contribution is 6.30. The number of hydrogen-bond donors (Lipinski definition) is 1. The van der Waals surface area contributed by atoms with Crippen LogP contribution in [0.2, 0.25) is 5.02 Å². The molecule has 8 heteroatoms. The number of rotatable bonds is 10. The summed E-state index contributed by atoms with van der Waals surface area (Å²) >= 11 is 6.05. The molecule has 1 aromatic heterocycles. The van der Waals surface area contributed by atoms with Crippen molar-refractivity contribution in [2.75, 3.05) is 51.3 Å². The molecule has 33 heavy (non-hydrogen) atoms. The molecule has 1 saturated heterocycles. The van der Waals surface area contributed by atoms with Crippen LogP contribution >= 0.6 is 11.6 Å². The molecule has 176 valence electrons. The van der Waals surface area contributed by atoms with Gasteiger partial charge >= 0.3 is 0 Å². The van der Waals surface area contributed by atoms with E-state index < -0.39 is 0 Å². The maximum Gasteiger partial charge on any atom is 0.295 e. The summed E-state index contributed by atoms with van der Waals surface area (Å²) in [4.78, 5) is 22.1. The number of carbonyl (C=O) groups is 1. The minimum absolute atomic E-state index is 0.0390. The first-order valence-electron chi connectivity index (χ1n) is 11.6. The van der Waals surface area contributed by atoms with Crippen molar-refractivity contribution in [3.05, 3.63) is 58.6 Å². The fourth-order valence-electron chi connectivity index (χ4n) is 4.04. The molecule has 0 aliphatic carbocycles. The van der Waals surface area contributed by atoms with Gasteiger partial charge in [-0.25, -0.2) is 0 Å². The van der Waals surface area contributed by atoms with Crippen molar-refractivity contribution in [1.82, 2.24) is 14.8 Å². The SMILES string of the molecule is CCCN(CCCN1CCOCC1)C(=O)c1ccc2oc(NCc3cccc(Cl)c3)nc2c1. The second kappa shape index (κ2) is 11.5. The fraction of sp³-hybridized carbons (Fsp3) is 0.440. The molecule has 2 aromatic carbocycles. The van der Waals surface area contributed by atoms with Crippen molar-refractivity contribution in [3.8, 4) is 0 Å². The van der Waals surface area contributed by atoms with Crippen molar-refractivity contribution in [2.24, 2.45) is 0 Å². The lowest BCUT2D eigenvalue weighted by molar-refractivity contribution is 0.0357. The molecule has 2 heterocycles. The van der Waals surface area contributed by atoms with Crippen molar-refractivity contribution in [2.45, 2.75) is 26.3 Å². The molecular formula is C25H31ClN4O3. The Bertz CT molecular complexity index is 1060. The second-order valence-corrected chi connectivity index (χ2v) is 8.72. The van der Waals surface area contributed by atoms with Gasteiger partial charge in [-0.1, -0.05) is 30.7 Å². The molecule has 0 saturated carbocycles. The lowest BCUT2D eigenvalue weighted by atomic mass is 10.1. The Kier molecular flexibility index (Phi) is 8.20. The van der Waals surface area contributed by atoms with E-state index in [-0.39, 0.29) is 5.91 Å². The number of nitrogens with zero attached hydrogens (tertiary/aromatic N) is 3. The lowest BCUT2D eigenvalue weighted by Crippen LogP contribution is -2.39. The smallest absolute Gasteiger partial charge is 0.295 e. The van der Waals surface area contributed by atoms with Crippen LogP contribution in [0.3, 0.4) is 0 Å². The summed E-state index contributed by atoms with van der Waals surface area (Å²) < 4.78 is 11.2. The molecule has 1 aliphatic heterocycles. The Hall–Kier alpha value is -2.61. The molecule has 1 aliphatic rings. The van der Waals surface area contributed by atoms with Crippen molar-refractivity contribution in [3.63, 3.8) is 0 Å². The van der Waals surface area contributed by atoms with Gasteiger partial charge < -0.3 is 19.4 Å². The largest absolute Gasteiger partial charge is 0.424 e. The van der Waals surface area contributed by atoms with Crippen molar-refractivity contribution >= 4 is 34.6 Å². The molecule has 0 radical (unpaired) electrons. The zero-order valence-electron chi connectivity index (χ0n) is 19.1. The Balaban J connectivity index is 1.38. The zero-order chi connectivity index (χ0) is 23.0. The van der Waals surface area contributed by atoms with Gasteiger partial charge in [0.2, 0.25) is 0 Å². The number of nitrogens with one attached hydrogen (secondary N) is 1. The summed E-state index contributed by atoms with van der Waals surface area (Å²) in [6.07, 6.45) is 1.88. The molecule has 4 rings (SSSR count). The summed E-state index contributed by atoms with van der Waals surface area (Å²) in [6.45, 7) is 8.65. The highest BCUT2D eigenvalue weighted by Crippen LogP contribution is 2.22. The number of aromatic nitrogens is 1. The Labute approximate surface area is 199 Å². The van der Waals surface area contributed by atoms with Gasteiger partial charge in [0.25, 0.3) is 11.9 Å². The quantitative estimate of drug-likeness (QED) is 0.464. The van der Waals surface area contributed by atoms with E-state index in [1.807, 2.05) is 47.4 Å². The summed E-state index contributed by atoms with van der Waals surface area (Å²) in [7, 11) is 0. The summed E-state index contributed by atoms with van der Waals surface area (Å²) in [5.41, 5.74) is 2.98. The number of anilines is 1. The van der Waals surface area contributed by atoms with Gasteiger partial charge in [-0.15, -0.1) is 0 Å². The maximum absolute atomic E-state index is 13.2. The number of amides is 1. The molecule has 0 spiro atoms. The standard InChI is InChI=1S/C25H31ClN4O3/c1-2-9-30(11-4-10-29-12-14-32-15-13-29)24(31)20-7-8-23-22(17-20)28-25(33-23)27-18-19-5-3-6-21(26)16-19/h3,5-8,16-17H,2,4,9-15,18H2,1H3,(H,27,28). The van der Waals surface area contributed by atoms with Crippen LogP contribution in [0.1, 0.15) is 35.7 Å². The second-order valence-electron chi connectivity index (χ2n) is 8.28. The van der Waals surface area contributed by atoms with Crippen LogP contribution in [0.25, 0.3) is 11.1 Å². The summed E-state index contributed by atoms with van der Waals surface area (Å²) in [6, 6.07) is 13.5. The summed E-state index contributed by atoms with van der Waals surface area (Å²) in [5, 5.41) is 3.87. The minimum atomic E-state index is 0.0390. The first-order chi connectivity index (χ1) is 16.1. The predicted octanol–water partition coefficient (Wildman–Crippen LogP) is 4.67. The highest BCUT2D eigenvalue weighted by atomic mass is 35.5. The highest BCUT2D eigenvalue weighted by Gasteiger charge is 2.18. The molecule has 7 nitrogen and oxygen atoms in total. The van der Waals surface area contributed by atoms with Crippen LogP contribution in [0.5, 0.6) is 0 Å². The van der Waals surface area contributed by atoms with Gasteiger partial charge in [0.15, 0.2) is 5.58 Å². The zero-order valence-corrected chi connectivity index (χ0v) is 19.8. The number of hydrogen-bond acceptors (Lipinski definition) is 6. The molecule has 1 fully saturated rings. The molecular weight excluding hydrogens is 440 g/mol. The van der Waals surface area contributed by atoms with E-state index in [1.165, 1.54) is 0 Å². The maximum atomic E-state index is 13.2. The van der Waals surface area contributed by atoms with E-state index >= 15 is 0 Å². The summed E-state index contributed by atoms with van der Waals surface area (Å²) in [5.74, 6) is 0.0390. The number of benzene rings is 2. The average Bonchev–Trinajstić information content (AvgIpc) is 3.25. The monoisotopic (exact) mass is 470 g/mol. The van der Waals surface area contributed by atoms with Crippen LogP contribution in [0, 0.1) is 0 Å². The predicted molar refractivity (Wildman–Crippen MR) is 131 cm³/mol. The van der Waals surface area contributed by atoms with Gasteiger partial charge in [0.05, 0.1) is 13.2 Å². The number of fused-ring (bicyclic) bond motifs is 1. The first-order valence-corrected chi connectivity index (χ1v) is 12.0. The number of carbonyl (C=O) groups excluding carboxylic acids is 1. The average molecular weight is 471 g/mol. The Morgan fingerprint density at radius 3 is 2.82 bits per heavy atom. The van der Waals surface area contributed by atoms with Crippen LogP contribution in [0.4, 0.5) is 6.01 Å². The van der Waals surface area contributed by atoms with Gasteiger partial charge in [-0.2, -0.15) is 4.98 Å². The van der Waals surface area contributed by atoms with E-state index in [1.54, 1.807) is 0 Å². The normalized spacial score (nSPS) is 14.5. The van der Waals surface area contributed by atoms with Crippen molar-refractivity contribution in [1.29, 1.82) is 0 Å². The van der Waals surface area contributed by atoms with E-state index in [4.69, 9.17) is 20.8 Å². The van der Waals surface area contributed by atoms with Crippen molar-refractivity contribution < 1.29 is 13.9 Å². The van der Waals surface area contributed by atoms with E-state index in [0.29, 0.717) is 34.2 Å². The molecule has 3 aromatic rings. The van der Waals surface area contributed by atoms with Crippen LogP contribution < -0.4 is 5.32 Å². The van der Waals surface area contributed by atoms with E-state index in [9.17, 15) is 4.79 Å². The van der Waals surface area contributed by atoms with Gasteiger partial charge in [0, 0.05) is 49.9 Å². The number of morpholine rings is 1. The lowest BCUT2D eigenvalue weighted by Gasteiger charge is -2.28. The van der Waals surface area contributed by atoms with Gasteiger partial charge in [0.1, 0.15) is 5.52 Å². The third-order valence-electron chi connectivity index (χ3n) is 5.75. The number of ether oxygens (including phenoxy) is 1. The molecule has 1 amide bonds. The van der Waals surface area contributed by atoms with Gasteiger partial charge in [-0.3, -0.25) is 9.69 Å². The first kappa shape index (κ1) is 23.5. The van der Waals surface area contributed by atoms with E-state index in [2.05, 4.69) is 22.1 Å². The topological polar surface area (TPSA) is 70.8 Å². The fourth-order valence-corrected chi connectivity index (χ4v) is 4.25. The van der Waals surface area contributed by atoms with Crippen LogP contribution in [0.15, 0.2) is 46.9 Å². The Morgan fingerprint density at radius 1 is 1.18 bits per heavy atom. The molecule has 0 atom stereocenters. The minimum Gasteiger partial charge on any atom is -0.424 e. The Morgan fingerprint density at radius 2 is 2.03 bits per heavy atom. The third-order valence-corrected chi connectivity index (χ3v) is 5.99. The van der Waals surface area contributed by atoms with Gasteiger partial charge in [-0.05, 0) is 48.7 Å². The van der Waals surface area contributed by atoms with Crippen LogP contribution in [-0.4, -0.2) is 66.6 Å².